The van der Waals surface area contributed by atoms with Crippen molar-refractivity contribution in [2.75, 3.05) is 5.32 Å². The van der Waals surface area contributed by atoms with Gasteiger partial charge in [0.2, 0.25) is 0 Å². The second-order valence-corrected chi connectivity index (χ2v) is 4.63. The van der Waals surface area contributed by atoms with Crippen molar-refractivity contribution in [2.45, 2.75) is 39.2 Å². The van der Waals surface area contributed by atoms with E-state index in [1.54, 1.807) is 13.8 Å². The number of aromatic nitrogens is 1. The Balaban J connectivity index is 3.04. The molecule has 1 atom stereocenters. The average Bonchev–Trinajstić information content (AvgIpc) is 2.31. The molecule has 0 saturated heterocycles. The molecule has 0 aliphatic rings. The van der Waals surface area contributed by atoms with E-state index in [9.17, 15) is 20.0 Å². The van der Waals surface area contributed by atoms with Crippen molar-refractivity contribution < 1.29 is 14.8 Å². The van der Waals surface area contributed by atoms with Gasteiger partial charge in [0.25, 0.3) is 5.69 Å². The lowest BCUT2D eigenvalue weighted by Crippen LogP contribution is -2.43. The van der Waals surface area contributed by atoms with Gasteiger partial charge >= 0.3 is 5.97 Å². The first-order chi connectivity index (χ1) is 8.80. The molecular formula is C12H17N3O4. The van der Waals surface area contributed by atoms with E-state index >= 15 is 0 Å². The summed E-state index contributed by atoms with van der Waals surface area (Å²) in [5.41, 5.74) is -0.712. The Labute approximate surface area is 110 Å². The summed E-state index contributed by atoms with van der Waals surface area (Å²) in [4.78, 5) is 25.3. The molecular weight excluding hydrogens is 250 g/mol. The highest BCUT2D eigenvalue weighted by Crippen LogP contribution is 2.24. The zero-order chi connectivity index (χ0) is 14.6. The molecule has 0 aliphatic carbocycles. The van der Waals surface area contributed by atoms with Crippen LogP contribution in [0.4, 0.5) is 11.5 Å². The number of hydrogen-bond acceptors (Lipinski definition) is 5. The van der Waals surface area contributed by atoms with Crippen LogP contribution in [0.2, 0.25) is 0 Å². The Bertz CT molecular complexity index is 504. The van der Waals surface area contributed by atoms with Crippen molar-refractivity contribution >= 4 is 17.5 Å². The van der Waals surface area contributed by atoms with Gasteiger partial charge in [-0.05, 0) is 25.8 Å². The molecule has 0 saturated carbocycles. The van der Waals surface area contributed by atoms with Gasteiger partial charge in [-0.2, -0.15) is 0 Å². The van der Waals surface area contributed by atoms with Crippen LogP contribution in [0.1, 0.15) is 32.3 Å². The number of nitro groups is 1. The summed E-state index contributed by atoms with van der Waals surface area (Å²) in [6, 6.07) is 1.36. The first kappa shape index (κ1) is 14.9. The molecule has 7 heteroatoms. The quantitative estimate of drug-likeness (QED) is 0.605. The molecule has 1 unspecified atom stereocenters. The Morgan fingerprint density at radius 3 is 2.68 bits per heavy atom. The Hall–Kier alpha value is -2.18. The van der Waals surface area contributed by atoms with Crippen LogP contribution in [0.5, 0.6) is 0 Å². The van der Waals surface area contributed by atoms with Gasteiger partial charge in [0.1, 0.15) is 17.6 Å². The summed E-state index contributed by atoms with van der Waals surface area (Å²) in [6.45, 7) is 5.11. The fraction of sp³-hybridized carbons (Fsp3) is 0.500. The molecule has 0 fully saturated rings. The number of hydrogen-bond donors (Lipinski definition) is 2. The fourth-order valence-corrected chi connectivity index (χ4v) is 1.77. The van der Waals surface area contributed by atoms with E-state index in [0.29, 0.717) is 24.2 Å². The number of pyridine rings is 1. The highest BCUT2D eigenvalue weighted by atomic mass is 16.6. The van der Waals surface area contributed by atoms with E-state index in [-0.39, 0.29) is 5.69 Å². The maximum atomic E-state index is 11.3. The van der Waals surface area contributed by atoms with E-state index in [1.807, 2.05) is 6.92 Å². The second-order valence-electron chi connectivity index (χ2n) is 4.63. The molecule has 19 heavy (non-hydrogen) atoms. The average molecular weight is 267 g/mol. The number of rotatable bonds is 6. The zero-order valence-corrected chi connectivity index (χ0v) is 11.1. The van der Waals surface area contributed by atoms with E-state index in [0.717, 1.165) is 6.20 Å². The van der Waals surface area contributed by atoms with Gasteiger partial charge < -0.3 is 10.4 Å². The highest BCUT2D eigenvalue weighted by molar-refractivity contribution is 5.82. The minimum Gasteiger partial charge on any atom is -0.480 e. The first-order valence-corrected chi connectivity index (χ1v) is 5.92. The van der Waals surface area contributed by atoms with Crippen LogP contribution in [0, 0.1) is 17.0 Å². The van der Waals surface area contributed by atoms with Gasteiger partial charge in [-0.15, -0.1) is 0 Å². The van der Waals surface area contributed by atoms with Gasteiger partial charge in [0, 0.05) is 6.07 Å². The van der Waals surface area contributed by atoms with Crippen molar-refractivity contribution in [1.29, 1.82) is 0 Å². The number of aryl methyl sites for hydroxylation is 1. The largest absolute Gasteiger partial charge is 0.480 e. The number of carboxylic acids is 1. The third-order valence-electron chi connectivity index (χ3n) is 2.89. The molecule has 0 amide bonds. The topological polar surface area (TPSA) is 105 Å². The van der Waals surface area contributed by atoms with E-state index < -0.39 is 16.4 Å². The standard InChI is InChI=1S/C12H17N3O4/c1-4-5-12(3,11(16)17)14-10-8(2)6-9(7-13-10)15(18)19/h6-7H,4-5H2,1-3H3,(H,13,14)(H,16,17). The van der Waals surface area contributed by atoms with Crippen LogP contribution in [0.3, 0.4) is 0 Å². The predicted octanol–water partition coefficient (Wildman–Crippen LogP) is 2.35. The van der Waals surface area contributed by atoms with E-state index in [4.69, 9.17) is 0 Å². The third kappa shape index (κ3) is 3.40. The van der Waals surface area contributed by atoms with Crippen LogP contribution in [0.15, 0.2) is 12.3 Å². The van der Waals surface area contributed by atoms with Crippen molar-refractivity contribution in [1.82, 2.24) is 4.98 Å². The van der Waals surface area contributed by atoms with Crippen molar-refractivity contribution in [3.05, 3.63) is 27.9 Å². The Kier molecular flexibility index (Phi) is 4.42. The summed E-state index contributed by atoms with van der Waals surface area (Å²) >= 11 is 0. The molecule has 0 bridgehead atoms. The summed E-state index contributed by atoms with van der Waals surface area (Å²) in [5.74, 6) is -0.627. The summed E-state index contributed by atoms with van der Waals surface area (Å²) in [5, 5.41) is 22.7. The lowest BCUT2D eigenvalue weighted by atomic mass is 9.96. The Morgan fingerprint density at radius 2 is 2.26 bits per heavy atom. The minimum atomic E-state index is -1.14. The molecule has 0 radical (unpaired) electrons. The van der Waals surface area contributed by atoms with Crippen molar-refractivity contribution in [3.63, 3.8) is 0 Å². The van der Waals surface area contributed by atoms with E-state index in [2.05, 4.69) is 10.3 Å². The number of nitrogens with one attached hydrogen (secondary N) is 1. The lowest BCUT2D eigenvalue weighted by Gasteiger charge is -2.27. The molecule has 104 valence electrons. The summed E-state index contributed by atoms with van der Waals surface area (Å²) in [7, 11) is 0. The molecule has 1 rings (SSSR count). The SMILES string of the molecule is CCCC(C)(Nc1ncc([N+](=O)[O-])cc1C)C(=O)O. The van der Waals surface area contributed by atoms with Crippen LogP contribution in [-0.2, 0) is 4.79 Å². The number of carboxylic acid groups (broad SMARTS) is 1. The number of nitrogens with zero attached hydrogens (tertiary/aromatic N) is 2. The molecule has 0 spiro atoms. The third-order valence-corrected chi connectivity index (χ3v) is 2.89. The lowest BCUT2D eigenvalue weighted by molar-refractivity contribution is -0.385. The second kappa shape index (κ2) is 5.64. The van der Waals surface area contributed by atoms with E-state index in [1.165, 1.54) is 6.07 Å². The Morgan fingerprint density at radius 1 is 1.63 bits per heavy atom. The number of anilines is 1. The fourth-order valence-electron chi connectivity index (χ4n) is 1.77. The normalized spacial score (nSPS) is 13.6. The maximum Gasteiger partial charge on any atom is 0.329 e. The van der Waals surface area contributed by atoms with Crippen molar-refractivity contribution in [3.8, 4) is 0 Å². The van der Waals surface area contributed by atoms with Gasteiger partial charge in [0.15, 0.2) is 0 Å². The predicted molar refractivity (Wildman–Crippen MR) is 70.2 cm³/mol. The molecule has 1 aromatic rings. The zero-order valence-electron chi connectivity index (χ0n) is 11.1. The molecule has 0 aliphatic heterocycles. The summed E-state index contributed by atoms with van der Waals surface area (Å²) < 4.78 is 0. The number of aliphatic carboxylic acids is 1. The number of carbonyl (C=O) groups is 1. The maximum absolute atomic E-state index is 11.3. The van der Waals surface area contributed by atoms with Crippen LogP contribution in [-0.4, -0.2) is 26.5 Å². The first-order valence-electron chi connectivity index (χ1n) is 5.92. The minimum absolute atomic E-state index is 0.115. The van der Waals surface area contributed by atoms with Gasteiger partial charge in [0.05, 0.1) is 4.92 Å². The molecule has 1 aromatic heterocycles. The molecule has 7 nitrogen and oxygen atoms in total. The molecule has 0 aromatic carbocycles. The van der Waals surface area contributed by atoms with Crippen LogP contribution < -0.4 is 5.32 Å². The van der Waals surface area contributed by atoms with Crippen LogP contribution in [0.25, 0.3) is 0 Å². The van der Waals surface area contributed by atoms with Crippen molar-refractivity contribution in [2.24, 2.45) is 0 Å². The van der Waals surface area contributed by atoms with Gasteiger partial charge in [-0.3, -0.25) is 10.1 Å². The monoisotopic (exact) mass is 267 g/mol. The van der Waals surface area contributed by atoms with Gasteiger partial charge in [-0.25, -0.2) is 9.78 Å². The van der Waals surface area contributed by atoms with Crippen LogP contribution >= 0.6 is 0 Å². The summed E-state index contributed by atoms with van der Waals surface area (Å²) in [6.07, 6.45) is 2.24. The smallest absolute Gasteiger partial charge is 0.329 e. The molecule has 2 N–H and O–H groups in total. The highest BCUT2D eigenvalue weighted by Gasteiger charge is 2.32. The van der Waals surface area contributed by atoms with Gasteiger partial charge in [-0.1, -0.05) is 13.3 Å². The molecule has 1 heterocycles.